The fraction of sp³-hybridized carbons (Fsp3) is 0.583. The Labute approximate surface area is 91.3 Å². The molecule has 2 heterocycles. The zero-order valence-corrected chi connectivity index (χ0v) is 9.32. The summed E-state index contributed by atoms with van der Waals surface area (Å²) in [6, 6.07) is 3.94. The van der Waals surface area contributed by atoms with Crippen molar-refractivity contribution >= 4 is 11.5 Å². The van der Waals surface area contributed by atoms with E-state index in [1.54, 1.807) is 6.20 Å². The Hall–Kier alpha value is -1.25. The number of aromatic nitrogens is 1. The first kappa shape index (κ1) is 10.3. The second kappa shape index (κ2) is 4.51. The summed E-state index contributed by atoms with van der Waals surface area (Å²) in [7, 11) is 0. The number of rotatable bonds is 2. The van der Waals surface area contributed by atoms with Crippen LogP contribution in [0.1, 0.15) is 26.2 Å². The molecule has 3 heteroatoms. The van der Waals surface area contributed by atoms with Crippen LogP contribution in [0.2, 0.25) is 0 Å². The molecule has 1 saturated heterocycles. The maximum atomic E-state index is 5.62. The van der Waals surface area contributed by atoms with Gasteiger partial charge in [0.2, 0.25) is 0 Å². The lowest BCUT2D eigenvalue weighted by Crippen LogP contribution is -2.33. The third-order valence-electron chi connectivity index (χ3n) is 3.29. The van der Waals surface area contributed by atoms with E-state index < -0.39 is 0 Å². The second-order valence-corrected chi connectivity index (χ2v) is 4.29. The lowest BCUT2D eigenvalue weighted by Gasteiger charge is -2.32. The molecule has 82 valence electrons. The standard InChI is InChI=1S/C12H19N3/c1-2-10-5-7-15(8-6-10)12-4-3-11(13)9-14-12/h3-4,9-10H,2,5-8,13H2,1H3. The molecule has 0 atom stereocenters. The lowest BCUT2D eigenvalue weighted by atomic mass is 9.94. The molecule has 0 unspecified atom stereocenters. The molecule has 2 N–H and O–H groups in total. The molecule has 15 heavy (non-hydrogen) atoms. The van der Waals surface area contributed by atoms with Crippen LogP contribution in [0.5, 0.6) is 0 Å². The second-order valence-electron chi connectivity index (χ2n) is 4.29. The fourth-order valence-electron chi connectivity index (χ4n) is 2.15. The predicted molar refractivity (Wildman–Crippen MR) is 63.9 cm³/mol. The SMILES string of the molecule is CCC1CCN(c2ccc(N)cn2)CC1. The van der Waals surface area contributed by atoms with Gasteiger partial charge in [-0.05, 0) is 30.9 Å². The lowest BCUT2D eigenvalue weighted by molar-refractivity contribution is 0.394. The van der Waals surface area contributed by atoms with Crippen molar-refractivity contribution in [2.45, 2.75) is 26.2 Å². The zero-order chi connectivity index (χ0) is 10.7. The molecule has 1 aliphatic rings. The molecule has 0 saturated carbocycles. The Balaban J connectivity index is 1.98. The highest BCUT2D eigenvalue weighted by Gasteiger charge is 2.18. The number of nitrogens with two attached hydrogens (primary N) is 1. The van der Waals surface area contributed by atoms with E-state index in [-0.39, 0.29) is 0 Å². The van der Waals surface area contributed by atoms with Crippen LogP contribution in [0.3, 0.4) is 0 Å². The summed E-state index contributed by atoms with van der Waals surface area (Å²) in [6.45, 7) is 4.55. The van der Waals surface area contributed by atoms with Crippen LogP contribution < -0.4 is 10.6 Å². The molecule has 0 bridgehead atoms. The third-order valence-corrected chi connectivity index (χ3v) is 3.29. The van der Waals surface area contributed by atoms with Crippen LogP contribution in [0.4, 0.5) is 11.5 Å². The summed E-state index contributed by atoms with van der Waals surface area (Å²) in [6.07, 6.45) is 5.63. The Morgan fingerprint density at radius 1 is 1.40 bits per heavy atom. The van der Waals surface area contributed by atoms with E-state index in [9.17, 15) is 0 Å². The van der Waals surface area contributed by atoms with E-state index in [2.05, 4.69) is 16.8 Å². The van der Waals surface area contributed by atoms with Gasteiger partial charge in [0.1, 0.15) is 5.82 Å². The van der Waals surface area contributed by atoms with E-state index in [0.717, 1.165) is 30.5 Å². The highest BCUT2D eigenvalue weighted by Crippen LogP contribution is 2.23. The number of piperidine rings is 1. The Morgan fingerprint density at radius 2 is 2.13 bits per heavy atom. The first-order chi connectivity index (χ1) is 7.29. The largest absolute Gasteiger partial charge is 0.397 e. The average molecular weight is 205 g/mol. The molecule has 0 aromatic carbocycles. The van der Waals surface area contributed by atoms with Gasteiger partial charge in [-0.1, -0.05) is 13.3 Å². The Kier molecular flexibility index (Phi) is 3.09. The zero-order valence-electron chi connectivity index (χ0n) is 9.32. The van der Waals surface area contributed by atoms with E-state index in [0.29, 0.717) is 0 Å². The molecule has 1 aromatic rings. The Bertz CT molecular complexity index is 299. The average Bonchev–Trinajstić information content (AvgIpc) is 2.30. The molecule has 3 nitrogen and oxygen atoms in total. The molecule has 1 aromatic heterocycles. The number of nitrogen functional groups attached to an aromatic ring is 1. The Morgan fingerprint density at radius 3 is 2.67 bits per heavy atom. The van der Waals surface area contributed by atoms with Gasteiger partial charge in [-0.15, -0.1) is 0 Å². The van der Waals surface area contributed by atoms with Crippen LogP contribution in [0.15, 0.2) is 18.3 Å². The number of hydrogen-bond acceptors (Lipinski definition) is 3. The van der Waals surface area contributed by atoms with Gasteiger partial charge >= 0.3 is 0 Å². The van der Waals surface area contributed by atoms with Crippen LogP contribution >= 0.6 is 0 Å². The summed E-state index contributed by atoms with van der Waals surface area (Å²) >= 11 is 0. The molecule has 0 aliphatic carbocycles. The van der Waals surface area contributed by atoms with Gasteiger partial charge in [-0.3, -0.25) is 0 Å². The van der Waals surface area contributed by atoms with Crippen LogP contribution in [0, 0.1) is 5.92 Å². The fourth-order valence-corrected chi connectivity index (χ4v) is 2.15. The van der Waals surface area contributed by atoms with Crippen molar-refractivity contribution in [2.24, 2.45) is 5.92 Å². The van der Waals surface area contributed by atoms with Gasteiger partial charge in [-0.2, -0.15) is 0 Å². The first-order valence-corrected chi connectivity index (χ1v) is 5.76. The summed E-state index contributed by atoms with van der Waals surface area (Å²) in [5.74, 6) is 1.98. The van der Waals surface area contributed by atoms with Crippen LogP contribution in [0.25, 0.3) is 0 Å². The van der Waals surface area contributed by atoms with Gasteiger partial charge in [0.25, 0.3) is 0 Å². The molecule has 0 radical (unpaired) electrons. The van der Waals surface area contributed by atoms with E-state index >= 15 is 0 Å². The molecular weight excluding hydrogens is 186 g/mol. The van der Waals surface area contributed by atoms with E-state index in [1.165, 1.54) is 19.3 Å². The topological polar surface area (TPSA) is 42.1 Å². The number of nitrogens with zero attached hydrogens (tertiary/aromatic N) is 2. The smallest absolute Gasteiger partial charge is 0.128 e. The van der Waals surface area contributed by atoms with Crippen molar-refractivity contribution in [1.82, 2.24) is 4.98 Å². The summed E-state index contributed by atoms with van der Waals surface area (Å²) in [5, 5.41) is 0. The van der Waals surface area contributed by atoms with Crippen molar-refractivity contribution in [2.75, 3.05) is 23.7 Å². The van der Waals surface area contributed by atoms with Crippen molar-refractivity contribution in [3.63, 3.8) is 0 Å². The summed E-state index contributed by atoms with van der Waals surface area (Å²) in [4.78, 5) is 6.71. The molecule has 2 rings (SSSR count). The minimum absolute atomic E-state index is 0.738. The minimum atomic E-state index is 0.738. The third kappa shape index (κ3) is 2.41. The van der Waals surface area contributed by atoms with E-state index in [4.69, 9.17) is 5.73 Å². The molecule has 0 amide bonds. The van der Waals surface area contributed by atoms with Crippen molar-refractivity contribution in [3.8, 4) is 0 Å². The number of hydrogen-bond donors (Lipinski definition) is 1. The van der Waals surface area contributed by atoms with Crippen LogP contribution in [-0.2, 0) is 0 Å². The van der Waals surface area contributed by atoms with Crippen molar-refractivity contribution in [3.05, 3.63) is 18.3 Å². The van der Waals surface area contributed by atoms with Gasteiger partial charge < -0.3 is 10.6 Å². The number of anilines is 2. The van der Waals surface area contributed by atoms with Crippen LogP contribution in [-0.4, -0.2) is 18.1 Å². The van der Waals surface area contributed by atoms with Crippen molar-refractivity contribution in [1.29, 1.82) is 0 Å². The first-order valence-electron chi connectivity index (χ1n) is 5.76. The van der Waals surface area contributed by atoms with Gasteiger partial charge in [0.05, 0.1) is 11.9 Å². The van der Waals surface area contributed by atoms with Gasteiger partial charge in [-0.25, -0.2) is 4.98 Å². The maximum Gasteiger partial charge on any atom is 0.128 e. The monoisotopic (exact) mass is 205 g/mol. The number of pyridine rings is 1. The summed E-state index contributed by atoms with van der Waals surface area (Å²) < 4.78 is 0. The van der Waals surface area contributed by atoms with Crippen molar-refractivity contribution < 1.29 is 0 Å². The molecule has 1 fully saturated rings. The maximum absolute atomic E-state index is 5.62. The molecular formula is C12H19N3. The molecule has 0 spiro atoms. The van der Waals surface area contributed by atoms with E-state index in [1.807, 2.05) is 12.1 Å². The summed E-state index contributed by atoms with van der Waals surface area (Å²) in [5.41, 5.74) is 6.36. The normalized spacial score (nSPS) is 18.1. The minimum Gasteiger partial charge on any atom is -0.397 e. The highest BCUT2D eigenvalue weighted by molar-refractivity contribution is 5.45. The highest BCUT2D eigenvalue weighted by atomic mass is 15.2. The van der Waals surface area contributed by atoms with Gasteiger partial charge in [0, 0.05) is 13.1 Å². The predicted octanol–water partition coefficient (Wildman–Crippen LogP) is 2.29. The van der Waals surface area contributed by atoms with Gasteiger partial charge in [0.15, 0.2) is 0 Å². The molecule has 1 aliphatic heterocycles. The quantitative estimate of drug-likeness (QED) is 0.805.